The Balaban J connectivity index is 2.26. The highest BCUT2D eigenvalue weighted by Gasteiger charge is 2.08. The molecule has 2 aromatic rings. The smallest absolute Gasteiger partial charge is 0.321 e. The molecule has 88 valence electrons. The second kappa shape index (κ2) is 5.44. The van der Waals surface area contributed by atoms with E-state index in [9.17, 15) is 0 Å². The molecule has 0 unspecified atom stereocenters. The topological polar surface area (TPSA) is 35.0 Å². The lowest BCUT2D eigenvalue weighted by molar-refractivity contribution is 0.434. The molecule has 0 aliphatic heterocycles. The van der Waals surface area contributed by atoms with Crippen LogP contribution in [-0.2, 0) is 0 Å². The molecule has 0 atom stereocenters. The van der Waals surface area contributed by atoms with Crippen molar-refractivity contribution in [2.45, 2.75) is 19.8 Å². The number of aromatic nitrogens is 2. The second-order valence-electron chi connectivity index (χ2n) is 3.98. The minimum Gasteiger partial charge on any atom is -0.424 e. The van der Waals surface area contributed by atoms with E-state index in [-0.39, 0.29) is 0 Å². The summed E-state index contributed by atoms with van der Waals surface area (Å²) in [5.74, 6) is 1.23. The number of hydrogen-bond donors (Lipinski definition) is 0. The SMILES string of the molecule is CC(C)c1ccccc1Oc1ncc(I)cn1. The Morgan fingerprint density at radius 2 is 1.76 bits per heavy atom. The van der Waals surface area contributed by atoms with Crippen LogP contribution in [0.4, 0.5) is 0 Å². The van der Waals surface area contributed by atoms with Gasteiger partial charge in [-0.15, -0.1) is 0 Å². The fourth-order valence-corrected chi connectivity index (χ4v) is 1.78. The van der Waals surface area contributed by atoms with Gasteiger partial charge in [-0.25, -0.2) is 9.97 Å². The van der Waals surface area contributed by atoms with Gasteiger partial charge in [-0.1, -0.05) is 32.0 Å². The average Bonchev–Trinajstić information content (AvgIpc) is 2.32. The van der Waals surface area contributed by atoms with Crippen molar-refractivity contribution < 1.29 is 4.74 Å². The Kier molecular flexibility index (Phi) is 3.93. The molecule has 0 saturated carbocycles. The summed E-state index contributed by atoms with van der Waals surface area (Å²) in [5, 5.41) is 0. The van der Waals surface area contributed by atoms with Crippen LogP contribution < -0.4 is 4.74 Å². The Bertz CT molecular complexity index is 497. The van der Waals surface area contributed by atoms with Gasteiger partial charge in [0.15, 0.2) is 0 Å². The molecule has 17 heavy (non-hydrogen) atoms. The van der Waals surface area contributed by atoms with Crippen molar-refractivity contribution in [1.29, 1.82) is 0 Å². The van der Waals surface area contributed by atoms with Crippen LogP contribution in [0.1, 0.15) is 25.3 Å². The largest absolute Gasteiger partial charge is 0.424 e. The van der Waals surface area contributed by atoms with Gasteiger partial charge in [-0.3, -0.25) is 0 Å². The summed E-state index contributed by atoms with van der Waals surface area (Å²) in [6, 6.07) is 8.35. The fourth-order valence-electron chi connectivity index (χ4n) is 1.50. The molecular formula is C13H13IN2O. The van der Waals surface area contributed by atoms with Crippen molar-refractivity contribution in [1.82, 2.24) is 9.97 Å². The number of rotatable bonds is 3. The summed E-state index contributed by atoms with van der Waals surface area (Å²) in [4.78, 5) is 8.27. The highest BCUT2D eigenvalue weighted by atomic mass is 127. The lowest BCUT2D eigenvalue weighted by Crippen LogP contribution is -1.96. The van der Waals surface area contributed by atoms with Gasteiger partial charge in [-0.05, 0) is 40.1 Å². The maximum absolute atomic E-state index is 5.70. The summed E-state index contributed by atoms with van der Waals surface area (Å²) in [7, 11) is 0. The molecule has 4 heteroatoms. The molecule has 1 aromatic carbocycles. The number of halogens is 1. The zero-order chi connectivity index (χ0) is 12.3. The zero-order valence-electron chi connectivity index (χ0n) is 9.72. The van der Waals surface area contributed by atoms with Crippen LogP contribution in [0.3, 0.4) is 0 Å². The molecule has 0 fully saturated rings. The molecule has 0 spiro atoms. The number of hydrogen-bond acceptors (Lipinski definition) is 3. The van der Waals surface area contributed by atoms with Crippen LogP contribution in [0.2, 0.25) is 0 Å². The van der Waals surface area contributed by atoms with Gasteiger partial charge in [0.2, 0.25) is 0 Å². The maximum atomic E-state index is 5.70. The van der Waals surface area contributed by atoms with E-state index in [0.29, 0.717) is 11.9 Å². The van der Waals surface area contributed by atoms with E-state index >= 15 is 0 Å². The van der Waals surface area contributed by atoms with Gasteiger partial charge in [-0.2, -0.15) is 0 Å². The van der Waals surface area contributed by atoms with Crippen molar-refractivity contribution in [3.8, 4) is 11.8 Å². The molecule has 1 aromatic heterocycles. The number of nitrogens with zero attached hydrogens (tertiary/aromatic N) is 2. The standard InChI is InChI=1S/C13H13IN2O/c1-9(2)11-5-3-4-6-12(11)17-13-15-7-10(14)8-16-13/h3-9H,1-2H3. The minimum atomic E-state index is 0.388. The van der Waals surface area contributed by atoms with Gasteiger partial charge in [0.1, 0.15) is 5.75 Å². The van der Waals surface area contributed by atoms with E-state index in [1.807, 2.05) is 18.2 Å². The van der Waals surface area contributed by atoms with Gasteiger partial charge < -0.3 is 4.74 Å². The summed E-state index contributed by atoms with van der Waals surface area (Å²) < 4.78 is 6.69. The van der Waals surface area contributed by atoms with Crippen LogP contribution in [0, 0.1) is 3.57 Å². The maximum Gasteiger partial charge on any atom is 0.321 e. The van der Waals surface area contributed by atoms with E-state index in [1.165, 1.54) is 0 Å². The third-order valence-electron chi connectivity index (χ3n) is 2.34. The highest BCUT2D eigenvalue weighted by molar-refractivity contribution is 14.1. The normalized spacial score (nSPS) is 10.6. The number of benzene rings is 1. The molecule has 3 nitrogen and oxygen atoms in total. The molecule has 1 heterocycles. The summed E-state index contributed by atoms with van der Waals surface area (Å²) in [6.45, 7) is 4.27. The highest BCUT2D eigenvalue weighted by Crippen LogP contribution is 2.28. The molecular weight excluding hydrogens is 327 g/mol. The van der Waals surface area contributed by atoms with Gasteiger partial charge in [0.05, 0.1) is 0 Å². The van der Waals surface area contributed by atoms with Crippen molar-refractivity contribution in [2.75, 3.05) is 0 Å². The third-order valence-corrected chi connectivity index (χ3v) is 2.90. The Morgan fingerprint density at radius 3 is 2.41 bits per heavy atom. The molecule has 0 aliphatic rings. The summed E-state index contributed by atoms with van der Waals surface area (Å²) >= 11 is 2.16. The van der Waals surface area contributed by atoms with Crippen molar-refractivity contribution in [3.63, 3.8) is 0 Å². The van der Waals surface area contributed by atoms with E-state index in [2.05, 4.69) is 52.5 Å². The first-order valence-corrected chi connectivity index (χ1v) is 6.49. The number of para-hydroxylation sites is 1. The fraction of sp³-hybridized carbons (Fsp3) is 0.231. The monoisotopic (exact) mass is 340 g/mol. The van der Waals surface area contributed by atoms with Crippen molar-refractivity contribution in [2.24, 2.45) is 0 Å². The summed E-state index contributed by atoms with van der Waals surface area (Å²) in [5.41, 5.74) is 1.16. The van der Waals surface area contributed by atoms with Crippen LogP contribution >= 0.6 is 22.6 Å². The first kappa shape index (κ1) is 12.3. The van der Waals surface area contributed by atoms with Crippen LogP contribution in [0.15, 0.2) is 36.7 Å². The predicted octanol–water partition coefficient (Wildman–Crippen LogP) is 4.00. The molecule has 0 saturated heterocycles. The van der Waals surface area contributed by atoms with Crippen LogP contribution in [0.5, 0.6) is 11.8 Å². The molecule has 0 N–H and O–H groups in total. The lowest BCUT2D eigenvalue weighted by Gasteiger charge is -2.11. The van der Waals surface area contributed by atoms with Gasteiger partial charge >= 0.3 is 6.01 Å². The molecule has 2 rings (SSSR count). The average molecular weight is 340 g/mol. The second-order valence-corrected chi connectivity index (χ2v) is 5.22. The Hall–Kier alpha value is -1.17. The first-order chi connectivity index (χ1) is 8.16. The molecule has 0 aliphatic carbocycles. The van der Waals surface area contributed by atoms with Crippen molar-refractivity contribution >= 4 is 22.6 Å². The third kappa shape index (κ3) is 3.15. The van der Waals surface area contributed by atoms with Crippen molar-refractivity contribution in [3.05, 3.63) is 45.8 Å². The first-order valence-electron chi connectivity index (χ1n) is 5.41. The number of ether oxygens (including phenoxy) is 1. The Morgan fingerprint density at radius 1 is 1.12 bits per heavy atom. The quantitative estimate of drug-likeness (QED) is 0.793. The minimum absolute atomic E-state index is 0.388. The lowest BCUT2D eigenvalue weighted by atomic mass is 10.0. The summed E-state index contributed by atoms with van der Waals surface area (Å²) in [6.07, 6.45) is 3.47. The van der Waals surface area contributed by atoms with Crippen LogP contribution in [-0.4, -0.2) is 9.97 Å². The zero-order valence-corrected chi connectivity index (χ0v) is 11.9. The van der Waals surface area contributed by atoms with Gasteiger partial charge in [0.25, 0.3) is 0 Å². The van der Waals surface area contributed by atoms with Gasteiger partial charge in [0, 0.05) is 16.0 Å². The Labute approximate surface area is 114 Å². The van der Waals surface area contributed by atoms with E-state index in [4.69, 9.17) is 4.74 Å². The molecule has 0 radical (unpaired) electrons. The molecule has 0 bridgehead atoms. The molecule has 0 amide bonds. The predicted molar refractivity (Wildman–Crippen MR) is 75.4 cm³/mol. The van der Waals surface area contributed by atoms with E-state index in [1.54, 1.807) is 12.4 Å². The van der Waals surface area contributed by atoms with E-state index in [0.717, 1.165) is 14.9 Å². The van der Waals surface area contributed by atoms with Crippen LogP contribution in [0.25, 0.3) is 0 Å². The van der Waals surface area contributed by atoms with E-state index < -0.39 is 0 Å².